The summed E-state index contributed by atoms with van der Waals surface area (Å²) < 4.78 is 5.99. The predicted octanol–water partition coefficient (Wildman–Crippen LogP) is 2.50. The fourth-order valence-corrected chi connectivity index (χ4v) is 4.42. The molecule has 0 amide bonds. The number of hydrogen-bond acceptors (Lipinski definition) is 4. The average Bonchev–Trinajstić information content (AvgIpc) is 2.65. The van der Waals surface area contributed by atoms with Gasteiger partial charge in [0.25, 0.3) is 0 Å². The molecule has 1 spiro atoms. The molecule has 0 aromatic rings. The summed E-state index contributed by atoms with van der Waals surface area (Å²) in [4.78, 5) is 11.6. The molecule has 4 heteroatoms. The lowest BCUT2D eigenvalue weighted by atomic mass is 9.60. The van der Waals surface area contributed by atoms with E-state index in [9.17, 15) is 5.11 Å². The molecule has 3 aliphatic heterocycles. The molecule has 2 unspecified atom stereocenters. The minimum absolute atomic E-state index is 0.203. The van der Waals surface area contributed by atoms with Crippen LogP contribution in [0.5, 0.6) is 0 Å². The first kappa shape index (κ1) is 13.8. The van der Waals surface area contributed by atoms with E-state index >= 15 is 0 Å². The van der Waals surface area contributed by atoms with Gasteiger partial charge in [-0.2, -0.15) is 0 Å². The standard InChI is InChI=1S/C15H26O4/c1-10-4-5-12(11(2)8-16)15-9-17-14(3,18-19-15)7-6-13(10)15/h10-13,16H,4-9H2,1-3H3/t10-,11+,12?,13?,14-,15+/m1/s1. The molecule has 1 N–H and O–H groups in total. The first-order valence-electron chi connectivity index (χ1n) is 7.62. The van der Waals surface area contributed by atoms with Crippen LogP contribution in [-0.2, 0) is 14.5 Å². The molecule has 0 aromatic carbocycles. The molecule has 110 valence electrons. The van der Waals surface area contributed by atoms with Crippen LogP contribution in [0.15, 0.2) is 0 Å². The second-order valence-electron chi connectivity index (χ2n) is 7.01. The van der Waals surface area contributed by atoms with Crippen molar-refractivity contribution in [2.24, 2.45) is 23.7 Å². The number of aliphatic hydroxyl groups excluding tert-OH is 1. The second-order valence-corrected chi connectivity index (χ2v) is 7.01. The molecule has 4 fully saturated rings. The van der Waals surface area contributed by atoms with E-state index in [1.54, 1.807) is 0 Å². The van der Waals surface area contributed by atoms with E-state index in [0.29, 0.717) is 24.4 Å². The van der Waals surface area contributed by atoms with E-state index in [-0.39, 0.29) is 18.1 Å². The lowest BCUT2D eigenvalue weighted by molar-refractivity contribution is -0.517. The van der Waals surface area contributed by atoms with Gasteiger partial charge >= 0.3 is 0 Å². The summed E-state index contributed by atoms with van der Waals surface area (Å²) in [7, 11) is 0. The molecular formula is C15H26O4. The van der Waals surface area contributed by atoms with Gasteiger partial charge in [0.2, 0.25) is 0 Å². The third-order valence-corrected chi connectivity index (χ3v) is 5.74. The first-order chi connectivity index (χ1) is 9.01. The summed E-state index contributed by atoms with van der Waals surface area (Å²) in [6.07, 6.45) is 4.28. The zero-order chi connectivity index (χ0) is 13.7. The minimum atomic E-state index is -0.574. The average molecular weight is 270 g/mol. The van der Waals surface area contributed by atoms with Gasteiger partial charge in [-0.25, -0.2) is 9.78 Å². The van der Waals surface area contributed by atoms with Crippen LogP contribution in [0.3, 0.4) is 0 Å². The number of rotatable bonds is 2. The van der Waals surface area contributed by atoms with Crippen LogP contribution in [0.25, 0.3) is 0 Å². The lowest BCUT2D eigenvalue weighted by Crippen LogP contribution is -2.60. The summed E-state index contributed by atoms with van der Waals surface area (Å²) in [5, 5.41) is 9.55. The maximum absolute atomic E-state index is 9.55. The van der Waals surface area contributed by atoms with Gasteiger partial charge < -0.3 is 9.84 Å². The molecule has 0 radical (unpaired) electrons. The zero-order valence-electron chi connectivity index (χ0n) is 12.2. The molecule has 3 heterocycles. The van der Waals surface area contributed by atoms with Crippen molar-refractivity contribution in [3.05, 3.63) is 0 Å². The fourth-order valence-electron chi connectivity index (χ4n) is 4.42. The Hall–Kier alpha value is -0.160. The number of hydrogen-bond donors (Lipinski definition) is 1. The minimum Gasteiger partial charge on any atom is -0.396 e. The monoisotopic (exact) mass is 270 g/mol. The van der Waals surface area contributed by atoms with Gasteiger partial charge in [-0.1, -0.05) is 13.8 Å². The SMILES string of the molecule is C[C@@H]1CCC([C@@H](C)CO)[C@@]23CO[C@@](C)(CCC12)OO3. The number of fused-ring (bicyclic) bond motifs is 3. The van der Waals surface area contributed by atoms with Crippen LogP contribution in [0.1, 0.15) is 46.5 Å². The van der Waals surface area contributed by atoms with Crippen molar-refractivity contribution in [1.82, 2.24) is 0 Å². The summed E-state index contributed by atoms with van der Waals surface area (Å²) >= 11 is 0. The van der Waals surface area contributed by atoms with E-state index < -0.39 is 5.79 Å². The summed E-state index contributed by atoms with van der Waals surface area (Å²) in [5.74, 6) is 1.08. The van der Waals surface area contributed by atoms with Crippen molar-refractivity contribution in [3.8, 4) is 0 Å². The molecule has 1 aliphatic carbocycles. The van der Waals surface area contributed by atoms with Crippen LogP contribution in [0, 0.1) is 23.7 Å². The van der Waals surface area contributed by atoms with Crippen molar-refractivity contribution in [3.63, 3.8) is 0 Å². The quantitative estimate of drug-likeness (QED) is 0.783. The third-order valence-electron chi connectivity index (χ3n) is 5.74. The topological polar surface area (TPSA) is 47.9 Å². The molecule has 1 saturated carbocycles. The highest BCUT2D eigenvalue weighted by molar-refractivity contribution is 5.04. The maximum atomic E-state index is 9.55. The van der Waals surface area contributed by atoms with Crippen LogP contribution in [0.4, 0.5) is 0 Å². The Kier molecular flexibility index (Phi) is 3.41. The molecule has 3 saturated heterocycles. The summed E-state index contributed by atoms with van der Waals surface area (Å²) in [6, 6.07) is 0. The van der Waals surface area contributed by atoms with E-state index in [4.69, 9.17) is 14.5 Å². The van der Waals surface area contributed by atoms with E-state index in [1.165, 1.54) is 6.42 Å². The molecule has 6 atom stereocenters. The largest absolute Gasteiger partial charge is 0.396 e. The summed E-state index contributed by atoms with van der Waals surface area (Å²) in [6.45, 7) is 7.19. The third kappa shape index (κ3) is 2.04. The van der Waals surface area contributed by atoms with E-state index in [1.807, 2.05) is 6.92 Å². The predicted molar refractivity (Wildman–Crippen MR) is 70.1 cm³/mol. The lowest BCUT2D eigenvalue weighted by Gasteiger charge is -2.53. The highest BCUT2D eigenvalue weighted by atomic mass is 17.2. The van der Waals surface area contributed by atoms with Crippen LogP contribution >= 0.6 is 0 Å². The Morgan fingerprint density at radius 3 is 2.68 bits per heavy atom. The van der Waals surface area contributed by atoms with Crippen LogP contribution in [0.2, 0.25) is 0 Å². The Labute approximate surface area is 115 Å². The van der Waals surface area contributed by atoms with Gasteiger partial charge in [0.1, 0.15) is 5.60 Å². The Morgan fingerprint density at radius 2 is 2.05 bits per heavy atom. The Balaban J connectivity index is 1.95. The normalized spacial score (nSPS) is 51.5. The first-order valence-corrected chi connectivity index (χ1v) is 7.62. The highest BCUT2D eigenvalue weighted by Gasteiger charge is 2.60. The molecule has 4 rings (SSSR count). The summed E-state index contributed by atoms with van der Waals surface area (Å²) in [5.41, 5.74) is -0.351. The van der Waals surface area contributed by atoms with Gasteiger partial charge in [-0.05, 0) is 49.9 Å². The molecule has 2 bridgehead atoms. The Morgan fingerprint density at radius 1 is 1.26 bits per heavy atom. The van der Waals surface area contributed by atoms with Gasteiger partial charge in [0.05, 0.1) is 6.61 Å². The molecule has 19 heavy (non-hydrogen) atoms. The van der Waals surface area contributed by atoms with Crippen molar-refractivity contribution in [2.45, 2.75) is 57.8 Å². The smallest absolute Gasteiger partial charge is 0.198 e. The van der Waals surface area contributed by atoms with E-state index in [0.717, 1.165) is 19.3 Å². The van der Waals surface area contributed by atoms with Crippen molar-refractivity contribution in [2.75, 3.05) is 13.2 Å². The highest BCUT2D eigenvalue weighted by Crippen LogP contribution is 2.54. The van der Waals surface area contributed by atoms with Crippen LogP contribution in [-0.4, -0.2) is 29.7 Å². The second kappa shape index (κ2) is 4.69. The van der Waals surface area contributed by atoms with Gasteiger partial charge in [0, 0.05) is 13.0 Å². The molecular weight excluding hydrogens is 244 g/mol. The van der Waals surface area contributed by atoms with Gasteiger partial charge in [0.15, 0.2) is 5.79 Å². The maximum Gasteiger partial charge on any atom is 0.198 e. The number of ether oxygens (including phenoxy) is 1. The fraction of sp³-hybridized carbons (Fsp3) is 1.00. The molecule has 4 nitrogen and oxygen atoms in total. The van der Waals surface area contributed by atoms with Crippen LogP contribution < -0.4 is 0 Å². The van der Waals surface area contributed by atoms with Crippen molar-refractivity contribution in [1.29, 1.82) is 0 Å². The van der Waals surface area contributed by atoms with Crippen molar-refractivity contribution >= 4 is 0 Å². The van der Waals surface area contributed by atoms with Crippen molar-refractivity contribution < 1.29 is 19.6 Å². The number of aliphatic hydroxyl groups is 1. The van der Waals surface area contributed by atoms with Gasteiger partial charge in [-0.15, -0.1) is 0 Å². The van der Waals surface area contributed by atoms with E-state index in [2.05, 4.69) is 13.8 Å². The zero-order valence-corrected chi connectivity index (χ0v) is 12.2. The molecule has 0 aromatic heterocycles. The Bertz CT molecular complexity index is 327. The van der Waals surface area contributed by atoms with Gasteiger partial charge in [-0.3, -0.25) is 0 Å². The molecule has 4 aliphatic rings.